The number of nitrogens with one attached hydrogen (secondary N) is 1. The number of aromatic amines is 1. The number of hydrogen-bond donors (Lipinski definition) is 2. The zero-order valence-corrected chi connectivity index (χ0v) is 11.5. The van der Waals surface area contributed by atoms with Crippen LogP contribution in [0.1, 0.15) is 41.9 Å². The minimum Gasteiger partial charge on any atom is -0.395 e. The van der Waals surface area contributed by atoms with Crippen molar-refractivity contribution in [2.75, 3.05) is 32.4 Å². The van der Waals surface area contributed by atoms with Gasteiger partial charge in [0.1, 0.15) is 0 Å². The summed E-state index contributed by atoms with van der Waals surface area (Å²) in [6.07, 6.45) is 2.29. The molecule has 6 nitrogen and oxygen atoms in total. The standard InChI is InChI=1S/C13H21N5O/c1-8-7-18(6-5-17(8)2)13(19)12-10(14)11(15-16-12)9-3-4-9/h8-9H,3-7,14H2,1-2H3,(H,15,16). The van der Waals surface area contributed by atoms with Gasteiger partial charge in [0.25, 0.3) is 5.91 Å². The van der Waals surface area contributed by atoms with Gasteiger partial charge in [-0.2, -0.15) is 5.10 Å². The summed E-state index contributed by atoms with van der Waals surface area (Å²) in [6.45, 7) is 4.50. The highest BCUT2D eigenvalue weighted by molar-refractivity contribution is 5.97. The Labute approximate surface area is 112 Å². The Bertz CT molecular complexity index is 493. The van der Waals surface area contributed by atoms with Crippen molar-refractivity contribution in [3.63, 3.8) is 0 Å². The molecule has 19 heavy (non-hydrogen) atoms. The van der Waals surface area contributed by atoms with Crippen LogP contribution in [0.15, 0.2) is 0 Å². The molecule has 0 bridgehead atoms. The average molecular weight is 263 g/mol. The molecule has 0 radical (unpaired) electrons. The number of H-pyrrole nitrogens is 1. The molecule has 1 saturated heterocycles. The molecular weight excluding hydrogens is 242 g/mol. The molecule has 104 valence electrons. The molecule has 3 rings (SSSR count). The molecule has 1 atom stereocenters. The number of aromatic nitrogens is 2. The number of amides is 1. The van der Waals surface area contributed by atoms with Crippen LogP contribution in [-0.4, -0.2) is 58.6 Å². The molecule has 1 unspecified atom stereocenters. The lowest BCUT2D eigenvalue weighted by atomic mass is 10.1. The van der Waals surface area contributed by atoms with Crippen molar-refractivity contribution in [3.05, 3.63) is 11.4 Å². The molecule has 1 amide bonds. The van der Waals surface area contributed by atoms with E-state index in [-0.39, 0.29) is 5.91 Å². The van der Waals surface area contributed by atoms with Crippen LogP contribution in [0.2, 0.25) is 0 Å². The van der Waals surface area contributed by atoms with Gasteiger partial charge in [-0.25, -0.2) is 0 Å². The van der Waals surface area contributed by atoms with Gasteiger partial charge in [-0.1, -0.05) is 0 Å². The lowest BCUT2D eigenvalue weighted by molar-refractivity contribution is 0.0568. The highest BCUT2D eigenvalue weighted by atomic mass is 16.2. The Balaban J connectivity index is 1.76. The first-order chi connectivity index (χ1) is 9.08. The normalized spacial score (nSPS) is 24.7. The van der Waals surface area contributed by atoms with Crippen LogP contribution in [0.4, 0.5) is 5.69 Å². The number of nitrogens with two attached hydrogens (primary N) is 1. The second-order valence-electron chi connectivity index (χ2n) is 5.75. The number of carbonyl (C=O) groups is 1. The highest BCUT2D eigenvalue weighted by Crippen LogP contribution is 2.42. The number of nitrogen functional groups attached to an aromatic ring is 1. The van der Waals surface area contributed by atoms with Crippen LogP contribution in [0.25, 0.3) is 0 Å². The number of rotatable bonds is 2. The maximum atomic E-state index is 12.5. The van der Waals surface area contributed by atoms with Crippen molar-refractivity contribution in [3.8, 4) is 0 Å². The minimum absolute atomic E-state index is 0.0411. The number of hydrogen-bond acceptors (Lipinski definition) is 4. The summed E-state index contributed by atoms with van der Waals surface area (Å²) in [5, 5.41) is 7.08. The summed E-state index contributed by atoms with van der Waals surface area (Å²) >= 11 is 0. The van der Waals surface area contributed by atoms with E-state index in [2.05, 4.69) is 29.1 Å². The molecule has 3 N–H and O–H groups in total. The summed E-state index contributed by atoms with van der Waals surface area (Å²) in [5.74, 6) is 0.445. The average Bonchev–Trinajstić information content (AvgIpc) is 3.16. The first-order valence-corrected chi connectivity index (χ1v) is 6.91. The third kappa shape index (κ3) is 2.20. The van der Waals surface area contributed by atoms with Gasteiger partial charge >= 0.3 is 0 Å². The quantitative estimate of drug-likeness (QED) is 0.821. The molecular formula is C13H21N5O. The van der Waals surface area contributed by atoms with Crippen molar-refractivity contribution < 1.29 is 4.79 Å². The van der Waals surface area contributed by atoms with Gasteiger partial charge < -0.3 is 15.5 Å². The molecule has 1 aliphatic carbocycles. The SMILES string of the molecule is CC1CN(C(=O)c2n[nH]c(C3CC3)c2N)CCN1C. The van der Waals surface area contributed by atoms with E-state index in [1.807, 2.05) is 4.90 Å². The molecule has 2 heterocycles. The van der Waals surface area contributed by atoms with Crippen LogP contribution >= 0.6 is 0 Å². The molecule has 6 heteroatoms. The van der Waals surface area contributed by atoms with E-state index in [0.717, 1.165) is 38.2 Å². The maximum absolute atomic E-state index is 12.5. The Hall–Kier alpha value is -1.56. The van der Waals surface area contributed by atoms with Gasteiger partial charge in [0, 0.05) is 31.6 Å². The predicted molar refractivity (Wildman–Crippen MR) is 73.0 cm³/mol. The topological polar surface area (TPSA) is 78.2 Å². The lowest BCUT2D eigenvalue weighted by Crippen LogP contribution is -2.52. The van der Waals surface area contributed by atoms with Gasteiger partial charge in [0.2, 0.25) is 0 Å². The largest absolute Gasteiger partial charge is 0.395 e. The van der Waals surface area contributed by atoms with E-state index >= 15 is 0 Å². The first kappa shape index (κ1) is 12.5. The van der Waals surface area contributed by atoms with Gasteiger partial charge in [-0.15, -0.1) is 0 Å². The van der Waals surface area contributed by atoms with E-state index in [4.69, 9.17) is 5.73 Å². The zero-order chi connectivity index (χ0) is 13.6. The first-order valence-electron chi connectivity index (χ1n) is 6.91. The Morgan fingerprint density at radius 3 is 2.79 bits per heavy atom. The minimum atomic E-state index is -0.0411. The van der Waals surface area contributed by atoms with Crippen LogP contribution in [0.5, 0.6) is 0 Å². The van der Waals surface area contributed by atoms with E-state index < -0.39 is 0 Å². The van der Waals surface area contributed by atoms with Crippen molar-refractivity contribution >= 4 is 11.6 Å². The Morgan fingerprint density at radius 1 is 1.42 bits per heavy atom. The number of carbonyl (C=O) groups excluding carboxylic acids is 1. The van der Waals surface area contributed by atoms with Crippen LogP contribution in [-0.2, 0) is 0 Å². The van der Waals surface area contributed by atoms with Gasteiger partial charge in [-0.3, -0.25) is 9.89 Å². The van der Waals surface area contributed by atoms with Crippen molar-refractivity contribution in [1.82, 2.24) is 20.0 Å². The summed E-state index contributed by atoms with van der Waals surface area (Å²) in [6, 6.07) is 0.376. The van der Waals surface area contributed by atoms with Crippen LogP contribution < -0.4 is 5.73 Å². The Kier molecular flexibility index (Phi) is 2.97. The Morgan fingerprint density at radius 2 is 2.16 bits per heavy atom. The molecule has 2 aliphatic rings. The fraction of sp³-hybridized carbons (Fsp3) is 0.692. The van der Waals surface area contributed by atoms with Crippen molar-refractivity contribution in [1.29, 1.82) is 0 Å². The molecule has 0 aromatic carbocycles. The third-order valence-electron chi connectivity index (χ3n) is 4.27. The third-order valence-corrected chi connectivity index (χ3v) is 4.27. The van der Waals surface area contributed by atoms with Crippen molar-refractivity contribution in [2.45, 2.75) is 31.7 Å². The summed E-state index contributed by atoms with van der Waals surface area (Å²) in [5.41, 5.74) is 7.97. The maximum Gasteiger partial charge on any atom is 0.276 e. The number of anilines is 1. The molecule has 1 aromatic rings. The number of nitrogens with zero attached hydrogens (tertiary/aromatic N) is 3. The lowest BCUT2D eigenvalue weighted by Gasteiger charge is -2.37. The highest BCUT2D eigenvalue weighted by Gasteiger charge is 2.33. The van der Waals surface area contributed by atoms with E-state index in [0.29, 0.717) is 23.3 Å². The zero-order valence-electron chi connectivity index (χ0n) is 11.5. The monoisotopic (exact) mass is 263 g/mol. The molecule has 0 spiro atoms. The fourth-order valence-electron chi connectivity index (χ4n) is 2.59. The molecule has 1 saturated carbocycles. The van der Waals surface area contributed by atoms with Gasteiger partial charge in [0.05, 0.1) is 11.4 Å². The number of likely N-dealkylation sites (N-methyl/N-ethyl adjacent to an activating group) is 1. The summed E-state index contributed by atoms with van der Waals surface area (Å²) in [4.78, 5) is 16.6. The second kappa shape index (κ2) is 4.52. The van der Waals surface area contributed by atoms with Crippen LogP contribution in [0.3, 0.4) is 0 Å². The van der Waals surface area contributed by atoms with Crippen LogP contribution in [0, 0.1) is 0 Å². The molecule has 1 aromatic heterocycles. The van der Waals surface area contributed by atoms with E-state index in [9.17, 15) is 4.79 Å². The van der Waals surface area contributed by atoms with Crippen molar-refractivity contribution in [2.24, 2.45) is 0 Å². The summed E-state index contributed by atoms with van der Waals surface area (Å²) in [7, 11) is 2.08. The second-order valence-corrected chi connectivity index (χ2v) is 5.75. The smallest absolute Gasteiger partial charge is 0.276 e. The van der Waals surface area contributed by atoms with E-state index in [1.165, 1.54) is 0 Å². The molecule has 1 aliphatic heterocycles. The predicted octanol–water partition coefficient (Wildman–Crippen LogP) is 0.645. The summed E-state index contributed by atoms with van der Waals surface area (Å²) < 4.78 is 0. The molecule has 2 fully saturated rings. The number of piperazine rings is 1. The van der Waals surface area contributed by atoms with Gasteiger partial charge in [-0.05, 0) is 26.8 Å². The fourth-order valence-corrected chi connectivity index (χ4v) is 2.59. The van der Waals surface area contributed by atoms with Gasteiger partial charge in [0.15, 0.2) is 5.69 Å². The van der Waals surface area contributed by atoms with E-state index in [1.54, 1.807) is 0 Å².